The minimum absolute atomic E-state index is 0. The van der Waals surface area contributed by atoms with Crippen LogP contribution in [-0.4, -0.2) is 59.6 Å². The van der Waals surface area contributed by atoms with Crippen LogP contribution in [0.2, 0.25) is 0 Å². The molecule has 5 aromatic carbocycles. The van der Waals surface area contributed by atoms with Crippen molar-refractivity contribution >= 4 is 45.7 Å². The first-order valence-electron chi connectivity index (χ1n) is 15.7. The van der Waals surface area contributed by atoms with E-state index >= 15 is 0 Å². The van der Waals surface area contributed by atoms with Crippen molar-refractivity contribution in [3.05, 3.63) is 133 Å². The summed E-state index contributed by atoms with van der Waals surface area (Å²) in [6.45, 7) is 7.15. The minimum atomic E-state index is -3.67. The van der Waals surface area contributed by atoms with E-state index in [9.17, 15) is 8.42 Å². The summed E-state index contributed by atoms with van der Waals surface area (Å²) in [4.78, 5) is 4.45. The number of hydrogen-bond donors (Lipinski definition) is 1. The van der Waals surface area contributed by atoms with Gasteiger partial charge in [0.1, 0.15) is 5.30 Å². The molecule has 1 atom stereocenters. The molecule has 0 saturated heterocycles. The van der Waals surface area contributed by atoms with Crippen LogP contribution in [0.3, 0.4) is 0 Å². The fraction of sp³-hybridized carbons (Fsp3) is 0.250. The molecule has 5 aromatic rings. The molecule has 1 N–H and O–H groups in total. The Morgan fingerprint density at radius 3 is 1.67 bits per heavy atom. The fourth-order valence-corrected chi connectivity index (χ4v) is 8.77. The van der Waals surface area contributed by atoms with Crippen LogP contribution in [0.4, 0.5) is 17.1 Å². The van der Waals surface area contributed by atoms with Gasteiger partial charge in [-0.2, -0.15) is 14.1 Å². The summed E-state index contributed by atoms with van der Waals surface area (Å²) in [6, 6.07) is 46.0. The SMILES string of the molecule is CN(C)c1cccc(N(C)C)c1-c1ccccc1[PH+](c1ccccc1)C(C)(C)C.CS(=O)(=O)O.C[N-]c1ccccc1-c1[c-]cccc1.[Pd+2]. The molecule has 5 rings (SSSR count). The van der Waals surface area contributed by atoms with Gasteiger partial charge in [0.25, 0.3) is 10.1 Å². The van der Waals surface area contributed by atoms with Crippen molar-refractivity contribution in [2.24, 2.45) is 0 Å². The summed E-state index contributed by atoms with van der Waals surface area (Å²) in [5.41, 5.74) is 8.42. The predicted molar refractivity (Wildman–Crippen MR) is 211 cm³/mol. The summed E-state index contributed by atoms with van der Waals surface area (Å²) in [5.74, 6) is 0. The maximum atomic E-state index is 9.19. The van der Waals surface area contributed by atoms with Gasteiger partial charge in [0, 0.05) is 50.7 Å². The molecule has 9 heteroatoms. The van der Waals surface area contributed by atoms with Crippen molar-refractivity contribution in [3.63, 3.8) is 0 Å². The van der Waals surface area contributed by atoms with Crippen LogP contribution in [0.15, 0.2) is 121 Å². The first kappa shape index (κ1) is 41.7. The van der Waals surface area contributed by atoms with Crippen LogP contribution in [0.1, 0.15) is 20.8 Å². The molecule has 0 aliphatic rings. The summed E-state index contributed by atoms with van der Waals surface area (Å²) in [7, 11) is 5.66. The van der Waals surface area contributed by atoms with E-state index in [1.807, 2.05) is 49.5 Å². The zero-order valence-electron chi connectivity index (χ0n) is 29.9. The Morgan fingerprint density at radius 2 is 1.18 bits per heavy atom. The summed E-state index contributed by atoms with van der Waals surface area (Å²) >= 11 is 0. The topological polar surface area (TPSA) is 75.0 Å². The average Bonchev–Trinajstić information content (AvgIpc) is 3.04. The zero-order chi connectivity index (χ0) is 35.5. The van der Waals surface area contributed by atoms with Gasteiger partial charge in [-0.15, -0.1) is 48.5 Å². The Morgan fingerprint density at radius 1 is 0.694 bits per heavy atom. The van der Waals surface area contributed by atoms with Crippen LogP contribution in [0.5, 0.6) is 0 Å². The first-order valence-corrected chi connectivity index (χ1v) is 19.1. The Kier molecular flexibility index (Phi) is 16.2. The van der Waals surface area contributed by atoms with Crippen LogP contribution >= 0.6 is 7.92 Å². The molecule has 0 aromatic heterocycles. The van der Waals surface area contributed by atoms with Gasteiger partial charge in [-0.05, 0) is 51.1 Å². The van der Waals surface area contributed by atoms with Gasteiger partial charge in [-0.1, -0.05) is 66.7 Å². The number of anilines is 2. The van der Waals surface area contributed by atoms with Crippen LogP contribution in [0.25, 0.3) is 27.6 Å². The van der Waals surface area contributed by atoms with E-state index < -0.39 is 18.0 Å². The largest absolute Gasteiger partial charge is 2.00 e. The van der Waals surface area contributed by atoms with E-state index in [4.69, 9.17) is 4.55 Å². The van der Waals surface area contributed by atoms with Crippen molar-refractivity contribution in [1.82, 2.24) is 0 Å². The molecule has 0 amide bonds. The van der Waals surface area contributed by atoms with Crippen LogP contribution in [0, 0.1) is 6.07 Å². The molecular weight excluding hydrogens is 740 g/mol. The maximum Gasteiger partial charge on any atom is 2.00 e. The molecule has 0 radical (unpaired) electrons. The fourth-order valence-electron chi connectivity index (χ4n) is 5.52. The van der Waals surface area contributed by atoms with Crippen molar-refractivity contribution in [2.75, 3.05) is 51.3 Å². The van der Waals surface area contributed by atoms with Crippen molar-refractivity contribution in [3.8, 4) is 22.3 Å². The van der Waals surface area contributed by atoms with Crippen LogP contribution in [-0.2, 0) is 30.5 Å². The third-order valence-corrected chi connectivity index (χ3v) is 10.8. The van der Waals surface area contributed by atoms with Gasteiger partial charge in [0.15, 0.2) is 0 Å². The van der Waals surface area contributed by atoms with Gasteiger partial charge in [-0.3, -0.25) is 4.55 Å². The van der Waals surface area contributed by atoms with E-state index in [2.05, 4.69) is 149 Å². The molecule has 0 aliphatic heterocycles. The van der Waals surface area contributed by atoms with Gasteiger partial charge in [0.2, 0.25) is 0 Å². The number of rotatable bonds is 7. The standard InChI is InChI=1S/C26H33N2P.C13H11N.CH4O3S.Pd/c1-26(2,3)29(20-14-9-8-10-15-20)24-19-12-11-16-21(24)25-22(27(4)5)17-13-18-23(25)28(6)7;1-14-13-10-6-5-9-12(13)11-7-3-2-4-8-11;1-5(2,3)4;/h8-19H,1-7H3;2-7,9-10H,1H3;1H3,(H,2,3,4);/q;-2;;+2/p+1. The van der Waals surface area contributed by atoms with Crippen molar-refractivity contribution < 1.29 is 33.4 Å². The number of hydrogen-bond acceptors (Lipinski definition) is 4. The molecule has 262 valence electrons. The average molecular weight is 789 g/mol. The number of nitrogens with zero attached hydrogens (tertiary/aromatic N) is 3. The predicted octanol–water partition coefficient (Wildman–Crippen LogP) is 8.74. The number of para-hydroxylation sites is 1. The van der Waals surface area contributed by atoms with E-state index in [-0.39, 0.29) is 25.6 Å². The van der Waals surface area contributed by atoms with E-state index in [1.165, 1.54) is 33.1 Å². The molecule has 0 aliphatic carbocycles. The molecule has 49 heavy (non-hydrogen) atoms. The normalized spacial score (nSPS) is 11.4. The molecule has 0 heterocycles. The van der Waals surface area contributed by atoms with Gasteiger partial charge < -0.3 is 15.1 Å². The molecular formula is C40H49N3O3PPdS+. The molecule has 0 fully saturated rings. The molecule has 0 spiro atoms. The quantitative estimate of drug-likeness (QED) is 0.0774. The van der Waals surface area contributed by atoms with Crippen molar-refractivity contribution in [1.29, 1.82) is 0 Å². The van der Waals surface area contributed by atoms with E-state index in [1.54, 1.807) is 0 Å². The van der Waals surface area contributed by atoms with Crippen molar-refractivity contribution in [2.45, 2.75) is 25.9 Å². The van der Waals surface area contributed by atoms with E-state index in [0.717, 1.165) is 16.8 Å². The second-order valence-corrected chi connectivity index (χ2v) is 17.6. The minimum Gasteiger partial charge on any atom is -0.694 e. The van der Waals surface area contributed by atoms with Gasteiger partial charge in [-0.25, -0.2) is 0 Å². The monoisotopic (exact) mass is 788 g/mol. The first-order chi connectivity index (χ1) is 22.6. The smallest absolute Gasteiger partial charge is 0.694 e. The van der Waals surface area contributed by atoms with Crippen LogP contribution < -0.4 is 20.4 Å². The summed E-state index contributed by atoms with van der Waals surface area (Å²) in [5, 5.41) is 7.36. The Bertz CT molecular complexity index is 1810. The molecule has 0 saturated carbocycles. The maximum absolute atomic E-state index is 9.19. The molecule has 0 bridgehead atoms. The second kappa shape index (κ2) is 19.0. The molecule has 6 nitrogen and oxygen atoms in total. The zero-order valence-corrected chi connectivity index (χ0v) is 33.2. The number of benzene rings is 5. The van der Waals surface area contributed by atoms with E-state index in [0.29, 0.717) is 6.26 Å². The third kappa shape index (κ3) is 12.4. The summed E-state index contributed by atoms with van der Waals surface area (Å²) in [6.07, 6.45) is 0.715. The van der Waals surface area contributed by atoms with Gasteiger partial charge >= 0.3 is 20.4 Å². The second-order valence-electron chi connectivity index (χ2n) is 12.7. The Labute approximate surface area is 309 Å². The summed E-state index contributed by atoms with van der Waals surface area (Å²) < 4.78 is 25.9. The Hall–Kier alpha value is -3.50. The Balaban J connectivity index is 0.000000345. The molecule has 1 unspecified atom stereocenters. The van der Waals surface area contributed by atoms with Gasteiger partial charge in [0.05, 0.1) is 24.6 Å². The third-order valence-electron chi connectivity index (χ3n) is 7.41.